The molecule has 0 nitrogen and oxygen atoms in total. The van der Waals surface area contributed by atoms with E-state index in [4.69, 9.17) is 2.74 Å². The van der Waals surface area contributed by atoms with Gasteiger partial charge < -0.3 is 0 Å². The van der Waals surface area contributed by atoms with Gasteiger partial charge in [-0.05, 0) is 54.3 Å². The van der Waals surface area contributed by atoms with Crippen molar-refractivity contribution in [2.75, 3.05) is 0 Å². The molecule has 0 heterocycles. The molecule has 1 aliphatic rings. The number of benzene rings is 2. The van der Waals surface area contributed by atoms with E-state index in [1.165, 1.54) is 11.1 Å². The van der Waals surface area contributed by atoms with E-state index in [-0.39, 0.29) is 0 Å². The zero-order chi connectivity index (χ0) is 13.3. The van der Waals surface area contributed by atoms with Crippen molar-refractivity contribution in [1.29, 1.82) is 0 Å². The van der Waals surface area contributed by atoms with Crippen LogP contribution >= 0.6 is 0 Å². The van der Waals surface area contributed by atoms with Crippen LogP contribution in [0.25, 0.3) is 0 Å². The van der Waals surface area contributed by atoms with Crippen molar-refractivity contribution in [2.45, 2.75) is 32.1 Å². The third kappa shape index (κ3) is 2.58. The molecule has 2 aromatic carbocycles. The largest absolute Gasteiger partial charge is 0.0617 e. The minimum atomic E-state index is -1.18. The van der Waals surface area contributed by atoms with Gasteiger partial charge in [-0.25, -0.2) is 0 Å². The number of rotatable bonds is 0. The Bertz CT molecular complexity index is 536. The monoisotopic (exact) mass is 224 g/mol. The SMILES string of the molecule is [2H]C1([2H])Cc2cccc(c2)CCc2cccc(c2)C1. The van der Waals surface area contributed by atoms with Crippen molar-refractivity contribution in [1.82, 2.24) is 0 Å². The maximum atomic E-state index is 8.23. The topological polar surface area (TPSA) is 0 Å². The van der Waals surface area contributed by atoms with E-state index in [1.54, 1.807) is 0 Å². The first-order chi connectivity index (χ1) is 9.11. The summed E-state index contributed by atoms with van der Waals surface area (Å²) in [6.45, 7) is 0. The molecule has 4 bridgehead atoms. The predicted octanol–water partition coefficient (Wildman–Crippen LogP) is 3.96. The van der Waals surface area contributed by atoms with Crippen LogP contribution in [0.15, 0.2) is 48.5 Å². The summed E-state index contributed by atoms with van der Waals surface area (Å²) >= 11 is 0. The van der Waals surface area contributed by atoms with Gasteiger partial charge in [0.1, 0.15) is 0 Å². The molecule has 0 saturated carbocycles. The van der Waals surface area contributed by atoms with Crippen LogP contribution in [-0.4, -0.2) is 0 Å². The molecule has 0 fully saturated rings. The Labute approximate surface area is 106 Å². The minimum Gasteiger partial charge on any atom is -0.0617 e. The number of fused-ring (bicyclic) bond motifs is 4. The van der Waals surface area contributed by atoms with Crippen LogP contribution in [0.5, 0.6) is 0 Å². The molecule has 0 N–H and O–H groups in total. The normalized spacial score (nSPS) is 19.8. The predicted molar refractivity (Wildman–Crippen MR) is 72.3 cm³/mol. The highest BCUT2D eigenvalue weighted by atomic mass is 14.1. The Morgan fingerprint density at radius 3 is 1.53 bits per heavy atom. The van der Waals surface area contributed by atoms with Gasteiger partial charge in [0, 0.05) is 2.74 Å². The highest BCUT2D eigenvalue weighted by Crippen LogP contribution is 2.16. The average molecular weight is 224 g/mol. The maximum Gasteiger partial charge on any atom is 0.0273 e. The molecular formula is C17H18. The highest BCUT2D eigenvalue weighted by molar-refractivity contribution is 5.28. The first-order valence-corrected chi connectivity index (χ1v) is 6.26. The molecule has 17 heavy (non-hydrogen) atoms. The van der Waals surface area contributed by atoms with Gasteiger partial charge in [0.25, 0.3) is 0 Å². The second-order valence-electron chi connectivity index (χ2n) is 4.74. The summed E-state index contributed by atoms with van der Waals surface area (Å²) < 4.78 is 16.5. The molecule has 1 aliphatic carbocycles. The third-order valence-electron chi connectivity index (χ3n) is 3.34. The fraction of sp³-hybridized carbons (Fsp3) is 0.294. The Kier molecular flexibility index (Phi) is 2.38. The first-order valence-electron chi connectivity index (χ1n) is 7.26. The molecule has 0 spiro atoms. The molecule has 2 aromatic rings. The van der Waals surface area contributed by atoms with Crippen LogP contribution in [-0.2, 0) is 25.7 Å². The van der Waals surface area contributed by atoms with Crippen LogP contribution in [0.3, 0.4) is 0 Å². The highest BCUT2D eigenvalue weighted by Gasteiger charge is 2.03. The van der Waals surface area contributed by atoms with E-state index in [0.717, 1.165) is 24.0 Å². The first kappa shape index (κ1) is 8.52. The molecule has 0 amide bonds. The number of hydrogen-bond donors (Lipinski definition) is 0. The van der Waals surface area contributed by atoms with E-state index in [1.807, 2.05) is 24.3 Å². The van der Waals surface area contributed by atoms with Crippen molar-refractivity contribution in [3.8, 4) is 0 Å². The Morgan fingerprint density at radius 2 is 1.06 bits per heavy atom. The van der Waals surface area contributed by atoms with Crippen LogP contribution in [0.2, 0.25) is 0 Å². The summed E-state index contributed by atoms with van der Waals surface area (Å²) in [4.78, 5) is 0. The summed E-state index contributed by atoms with van der Waals surface area (Å²) in [6.07, 6.45) is 1.86. The lowest BCUT2D eigenvalue weighted by molar-refractivity contribution is 0.820. The molecule has 0 aromatic heterocycles. The molecular weight excluding hydrogens is 204 g/mol. The minimum absolute atomic E-state index is 0.491. The van der Waals surface area contributed by atoms with Gasteiger partial charge in [-0.2, -0.15) is 0 Å². The van der Waals surface area contributed by atoms with E-state index >= 15 is 0 Å². The fourth-order valence-electron chi connectivity index (χ4n) is 2.43. The quantitative estimate of drug-likeness (QED) is 0.635. The molecule has 0 unspecified atom stereocenters. The number of aryl methyl sites for hydroxylation is 4. The van der Waals surface area contributed by atoms with Gasteiger partial charge in [-0.3, -0.25) is 0 Å². The van der Waals surface area contributed by atoms with Crippen LogP contribution < -0.4 is 0 Å². The van der Waals surface area contributed by atoms with Crippen molar-refractivity contribution >= 4 is 0 Å². The molecule has 0 radical (unpaired) electrons. The Balaban J connectivity index is 2.02. The smallest absolute Gasteiger partial charge is 0.0273 e. The fourth-order valence-corrected chi connectivity index (χ4v) is 2.43. The summed E-state index contributed by atoms with van der Waals surface area (Å²) in [6, 6.07) is 16.8. The second kappa shape index (κ2) is 4.75. The number of hydrogen-bond acceptors (Lipinski definition) is 0. The van der Waals surface area contributed by atoms with Gasteiger partial charge in [-0.15, -0.1) is 0 Å². The van der Waals surface area contributed by atoms with Gasteiger partial charge in [0.2, 0.25) is 0 Å². The van der Waals surface area contributed by atoms with E-state index in [9.17, 15) is 0 Å². The van der Waals surface area contributed by atoms with Crippen LogP contribution in [0.4, 0.5) is 0 Å². The third-order valence-corrected chi connectivity index (χ3v) is 3.34. The van der Waals surface area contributed by atoms with E-state index in [0.29, 0.717) is 12.8 Å². The summed E-state index contributed by atoms with van der Waals surface area (Å²) in [5.74, 6) is 0. The Hall–Kier alpha value is -1.56. The van der Waals surface area contributed by atoms with Gasteiger partial charge in [0.15, 0.2) is 0 Å². The lowest BCUT2D eigenvalue weighted by atomic mass is 10.0. The zero-order valence-corrected chi connectivity index (χ0v) is 9.95. The van der Waals surface area contributed by atoms with Crippen LogP contribution in [0.1, 0.15) is 31.4 Å². The molecule has 0 aliphatic heterocycles. The van der Waals surface area contributed by atoms with Gasteiger partial charge >= 0.3 is 0 Å². The standard InChI is InChI=1S/C17H18/c1-4-14-6-2-8-16(12-14)10-11-17-9-3-7-15(5-1)13-17/h2-3,6-9,12-13H,1,4-5,10-11H2/i1D2. The van der Waals surface area contributed by atoms with Crippen molar-refractivity contribution in [3.63, 3.8) is 0 Å². The van der Waals surface area contributed by atoms with Crippen LogP contribution in [0, 0.1) is 0 Å². The molecule has 0 saturated heterocycles. The summed E-state index contributed by atoms with van der Waals surface area (Å²) in [5, 5.41) is 0. The van der Waals surface area contributed by atoms with E-state index < -0.39 is 6.37 Å². The Morgan fingerprint density at radius 1 is 0.647 bits per heavy atom. The van der Waals surface area contributed by atoms with Gasteiger partial charge in [0.05, 0.1) is 0 Å². The molecule has 0 heteroatoms. The lowest BCUT2D eigenvalue weighted by Gasteiger charge is -2.04. The van der Waals surface area contributed by atoms with E-state index in [2.05, 4.69) is 24.3 Å². The van der Waals surface area contributed by atoms with Crippen molar-refractivity contribution < 1.29 is 2.74 Å². The van der Waals surface area contributed by atoms with Crippen molar-refractivity contribution in [2.24, 2.45) is 0 Å². The van der Waals surface area contributed by atoms with Gasteiger partial charge in [-0.1, -0.05) is 48.5 Å². The summed E-state index contributed by atoms with van der Waals surface area (Å²) in [5.41, 5.74) is 4.83. The van der Waals surface area contributed by atoms with Crippen molar-refractivity contribution in [3.05, 3.63) is 70.8 Å². The summed E-state index contributed by atoms with van der Waals surface area (Å²) in [7, 11) is 0. The average Bonchev–Trinajstić information content (AvgIpc) is 2.36. The second-order valence-corrected chi connectivity index (χ2v) is 4.74. The molecule has 0 atom stereocenters. The zero-order valence-electron chi connectivity index (χ0n) is 11.9. The molecule has 3 rings (SSSR count). The molecule has 86 valence electrons. The maximum absolute atomic E-state index is 8.23. The lowest BCUT2D eigenvalue weighted by Crippen LogP contribution is -1.92.